The van der Waals surface area contributed by atoms with Gasteiger partial charge in [-0.25, -0.2) is 13.2 Å². The third kappa shape index (κ3) is 6.29. The van der Waals surface area contributed by atoms with Crippen LogP contribution in [-0.4, -0.2) is 75.3 Å². The van der Waals surface area contributed by atoms with Gasteiger partial charge < -0.3 is 25.2 Å². The molecule has 11 heteroatoms. The van der Waals surface area contributed by atoms with Gasteiger partial charge in [0.2, 0.25) is 10.0 Å². The minimum atomic E-state index is -3.63. The van der Waals surface area contributed by atoms with Gasteiger partial charge in [-0.15, -0.1) is 0 Å². The fourth-order valence-electron chi connectivity index (χ4n) is 3.17. The van der Waals surface area contributed by atoms with Crippen LogP contribution in [0.4, 0.5) is 11.4 Å². The molecule has 0 spiro atoms. The molecule has 2 aromatic rings. The SMILES string of the molecule is C[C@H](OC(=O)c1ccccc1NCCO)C(=O)Nc1ccc(S(=O)(=O)N2CCOCC2)cc1. The molecule has 10 nitrogen and oxygen atoms in total. The number of sulfonamides is 1. The molecule has 1 heterocycles. The quantitative estimate of drug-likeness (QED) is 0.460. The van der Waals surface area contributed by atoms with Crippen molar-refractivity contribution in [3.8, 4) is 0 Å². The summed E-state index contributed by atoms with van der Waals surface area (Å²) in [5.74, 6) is -1.25. The molecule has 1 fully saturated rings. The molecule has 3 N–H and O–H groups in total. The molecule has 1 aliphatic rings. The number of rotatable bonds is 9. The van der Waals surface area contributed by atoms with Crippen LogP contribution in [0.1, 0.15) is 17.3 Å². The highest BCUT2D eigenvalue weighted by Gasteiger charge is 2.26. The molecule has 1 aliphatic heterocycles. The molecule has 0 saturated carbocycles. The van der Waals surface area contributed by atoms with Gasteiger partial charge in [-0.3, -0.25) is 4.79 Å². The van der Waals surface area contributed by atoms with Gasteiger partial charge in [0.1, 0.15) is 0 Å². The lowest BCUT2D eigenvalue weighted by Gasteiger charge is -2.26. The number of aliphatic hydroxyl groups is 1. The van der Waals surface area contributed by atoms with Crippen LogP contribution < -0.4 is 10.6 Å². The average Bonchev–Trinajstić information content (AvgIpc) is 2.83. The number of benzene rings is 2. The van der Waals surface area contributed by atoms with Crippen molar-refractivity contribution in [3.05, 3.63) is 54.1 Å². The van der Waals surface area contributed by atoms with Crippen LogP contribution in [-0.2, 0) is 24.3 Å². The third-order valence-corrected chi connectivity index (χ3v) is 6.87. The number of ether oxygens (including phenoxy) is 2. The molecule has 1 saturated heterocycles. The lowest BCUT2D eigenvalue weighted by Crippen LogP contribution is -2.40. The van der Waals surface area contributed by atoms with E-state index in [1.807, 2.05) is 0 Å². The fraction of sp³-hybridized carbons (Fsp3) is 0.364. The van der Waals surface area contributed by atoms with Crippen molar-refractivity contribution < 1.29 is 32.6 Å². The number of esters is 1. The van der Waals surface area contributed by atoms with Crippen LogP contribution in [0, 0.1) is 0 Å². The van der Waals surface area contributed by atoms with E-state index < -0.39 is 28.0 Å². The number of morpholine rings is 1. The highest BCUT2D eigenvalue weighted by Crippen LogP contribution is 2.20. The number of aliphatic hydroxyl groups excluding tert-OH is 1. The average molecular weight is 478 g/mol. The number of carbonyl (C=O) groups excluding carboxylic acids is 2. The minimum absolute atomic E-state index is 0.102. The van der Waals surface area contributed by atoms with E-state index in [0.717, 1.165) is 0 Å². The molecule has 0 aliphatic carbocycles. The Morgan fingerprint density at radius 3 is 2.45 bits per heavy atom. The van der Waals surface area contributed by atoms with Gasteiger partial charge >= 0.3 is 5.97 Å². The molecule has 2 aromatic carbocycles. The number of hydrogen-bond acceptors (Lipinski definition) is 8. The molecular weight excluding hydrogens is 450 g/mol. The first kappa shape index (κ1) is 24.6. The second-order valence-corrected chi connectivity index (χ2v) is 9.21. The van der Waals surface area contributed by atoms with E-state index in [-0.39, 0.29) is 23.6 Å². The van der Waals surface area contributed by atoms with Gasteiger partial charge in [-0.05, 0) is 43.3 Å². The first-order valence-electron chi connectivity index (χ1n) is 10.5. The Balaban J connectivity index is 1.60. The van der Waals surface area contributed by atoms with E-state index in [1.165, 1.54) is 35.5 Å². The summed E-state index contributed by atoms with van der Waals surface area (Å²) in [7, 11) is -3.63. The summed E-state index contributed by atoms with van der Waals surface area (Å²) < 4.78 is 37.2. The van der Waals surface area contributed by atoms with Crippen molar-refractivity contribution >= 4 is 33.3 Å². The molecule has 1 amide bonds. The number of nitrogens with zero attached hydrogens (tertiary/aromatic N) is 1. The summed E-state index contributed by atoms with van der Waals surface area (Å²) in [4.78, 5) is 25.1. The van der Waals surface area contributed by atoms with Gasteiger partial charge in [-0.2, -0.15) is 4.31 Å². The molecule has 3 rings (SSSR count). The predicted octanol–water partition coefficient (Wildman–Crippen LogP) is 1.30. The van der Waals surface area contributed by atoms with Gasteiger partial charge in [0.15, 0.2) is 6.10 Å². The minimum Gasteiger partial charge on any atom is -0.449 e. The molecule has 1 atom stereocenters. The van der Waals surface area contributed by atoms with E-state index in [1.54, 1.807) is 24.3 Å². The lowest BCUT2D eigenvalue weighted by molar-refractivity contribution is -0.123. The zero-order valence-corrected chi connectivity index (χ0v) is 19.0. The Morgan fingerprint density at radius 1 is 1.12 bits per heavy atom. The maximum Gasteiger partial charge on any atom is 0.341 e. The Labute approximate surface area is 192 Å². The first-order valence-corrected chi connectivity index (χ1v) is 11.9. The zero-order chi connectivity index (χ0) is 23.8. The van der Waals surface area contributed by atoms with Crippen molar-refractivity contribution in [2.24, 2.45) is 0 Å². The fourth-order valence-corrected chi connectivity index (χ4v) is 4.58. The Bertz CT molecular complexity index is 1070. The van der Waals surface area contributed by atoms with Crippen LogP contribution in [0.25, 0.3) is 0 Å². The monoisotopic (exact) mass is 477 g/mol. The summed E-state index contributed by atoms with van der Waals surface area (Å²) >= 11 is 0. The van der Waals surface area contributed by atoms with Gasteiger partial charge in [0, 0.05) is 31.0 Å². The topological polar surface area (TPSA) is 134 Å². The number of hydrogen-bond donors (Lipinski definition) is 3. The number of para-hydroxylation sites is 1. The lowest BCUT2D eigenvalue weighted by atomic mass is 10.1. The largest absolute Gasteiger partial charge is 0.449 e. The maximum atomic E-state index is 12.7. The number of amides is 1. The highest BCUT2D eigenvalue weighted by atomic mass is 32.2. The molecule has 0 radical (unpaired) electrons. The predicted molar refractivity (Wildman–Crippen MR) is 122 cm³/mol. The molecule has 0 bridgehead atoms. The van der Waals surface area contributed by atoms with Crippen LogP contribution in [0.15, 0.2) is 53.4 Å². The van der Waals surface area contributed by atoms with Crippen molar-refractivity contribution in [1.29, 1.82) is 0 Å². The van der Waals surface area contributed by atoms with Crippen LogP contribution in [0.5, 0.6) is 0 Å². The third-order valence-electron chi connectivity index (χ3n) is 4.96. The van der Waals surface area contributed by atoms with Gasteiger partial charge in [0.25, 0.3) is 5.91 Å². The molecule has 33 heavy (non-hydrogen) atoms. The number of anilines is 2. The van der Waals surface area contributed by atoms with E-state index >= 15 is 0 Å². The zero-order valence-electron chi connectivity index (χ0n) is 18.2. The number of nitrogens with one attached hydrogen (secondary N) is 2. The first-order chi connectivity index (χ1) is 15.8. The summed E-state index contributed by atoms with van der Waals surface area (Å²) in [6.45, 7) is 2.89. The van der Waals surface area contributed by atoms with Crippen molar-refractivity contribution in [2.45, 2.75) is 17.9 Å². The summed E-state index contributed by atoms with van der Waals surface area (Å²) in [5, 5.41) is 14.5. The Morgan fingerprint density at radius 2 is 1.79 bits per heavy atom. The smallest absolute Gasteiger partial charge is 0.341 e. The maximum absolute atomic E-state index is 12.7. The standard InChI is InChI=1S/C22H27N3O7S/c1-16(32-22(28)19-4-2-3-5-20(19)23-10-13-26)21(27)24-17-6-8-18(9-7-17)33(29,30)25-11-14-31-15-12-25/h2-9,16,23,26H,10-15H2,1H3,(H,24,27)/t16-/m0/s1. The van der Waals surface area contributed by atoms with E-state index in [9.17, 15) is 18.0 Å². The van der Waals surface area contributed by atoms with Crippen LogP contribution in [0.3, 0.4) is 0 Å². The summed E-state index contributed by atoms with van der Waals surface area (Å²) in [5.41, 5.74) is 1.10. The van der Waals surface area contributed by atoms with Gasteiger partial charge in [-0.1, -0.05) is 12.1 Å². The van der Waals surface area contributed by atoms with Crippen molar-refractivity contribution in [2.75, 3.05) is 50.1 Å². The van der Waals surface area contributed by atoms with E-state index in [2.05, 4.69) is 10.6 Å². The van der Waals surface area contributed by atoms with Crippen LogP contribution in [0.2, 0.25) is 0 Å². The summed E-state index contributed by atoms with van der Waals surface area (Å²) in [6.07, 6.45) is -1.10. The van der Waals surface area contributed by atoms with E-state index in [4.69, 9.17) is 14.6 Å². The Hall–Kier alpha value is -2.99. The Kier molecular flexibility index (Phi) is 8.39. The van der Waals surface area contributed by atoms with Crippen molar-refractivity contribution in [1.82, 2.24) is 4.31 Å². The van der Waals surface area contributed by atoms with Gasteiger partial charge in [0.05, 0.1) is 30.3 Å². The second-order valence-electron chi connectivity index (χ2n) is 7.27. The normalized spacial score (nSPS) is 15.5. The van der Waals surface area contributed by atoms with Crippen molar-refractivity contribution in [3.63, 3.8) is 0 Å². The van der Waals surface area contributed by atoms with E-state index in [0.29, 0.717) is 37.7 Å². The number of carbonyl (C=O) groups is 2. The van der Waals surface area contributed by atoms with Crippen LogP contribution >= 0.6 is 0 Å². The summed E-state index contributed by atoms with van der Waals surface area (Å²) in [6, 6.07) is 12.4. The molecule has 0 unspecified atom stereocenters. The second kappa shape index (κ2) is 11.2. The molecule has 178 valence electrons. The molecular formula is C22H27N3O7S. The molecule has 0 aromatic heterocycles. The highest BCUT2D eigenvalue weighted by molar-refractivity contribution is 7.89.